The van der Waals surface area contributed by atoms with Crippen molar-refractivity contribution in [3.05, 3.63) is 78.1 Å². The third-order valence-corrected chi connectivity index (χ3v) is 4.10. The molecule has 4 rings (SSSR count). The molecule has 0 saturated heterocycles. The fraction of sp³-hybridized carbons (Fsp3) is 0.105. The molecule has 0 atom stereocenters. The van der Waals surface area contributed by atoms with Crippen LogP contribution in [0, 0.1) is 6.92 Å². The van der Waals surface area contributed by atoms with Crippen LogP contribution >= 0.6 is 0 Å². The van der Waals surface area contributed by atoms with E-state index in [1.807, 2.05) is 55.5 Å². The predicted octanol–water partition coefficient (Wildman–Crippen LogP) is 3.25. The normalized spacial score (nSPS) is 10.9. The highest BCUT2D eigenvalue weighted by Gasteiger charge is 2.17. The Morgan fingerprint density at radius 2 is 2.08 bits per heavy atom. The number of carbonyl (C=O) groups excluding carboxylic acids is 1. The van der Waals surface area contributed by atoms with E-state index in [0.717, 1.165) is 27.8 Å². The van der Waals surface area contributed by atoms with Crippen LogP contribution < -0.4 is 5.32 Å². The molecule has 0 fully saturated rings. The van der Waals surface area contributed by atoms with Crippen LogP contribution in [-0.4, -0.2) is 20.7 Å². The summed E-state index contributed by atoms with van der Waals surface area (Å²) < 4.78 is 7.37. The molecule has 0 radical (unpaired) electrons. The van der Waals surface area contributed by atoms with Crippen LogP contribution in [-0.2, 0) is 6.54 Å². The lowest BCUT2D eigenvalue weighted by Crippen LogP contribution is -2.23. The molecule has 2 heterocycles. The molecular weight excluding hydrogens is 316 g/mol. The Balaban J connectivity index is 1.52. The number of fused-ring (bicyclic) bond motifs is 1. The summed E-state index contributed by atoms with van der Waals surface area (Å²) in [6, 6.07) is 15.4. The first-order valence-corrected chi connectivity index (χ1v) is 7.92. The van der Waals surface area contributed by atoms with Crippen molar-refractivity contribution >= 4 is 16.9 Å². The van der Waals surface area contributed by atoms with Crippen molar-refractivity contribution in [2.75, 3.05) is 0 Å². The van der Waals surface area contributed by atoms with E-state index >= 15 is 0 Å². The molecule has 0 unspecified atom stereocenters. The number of benzene rings is 2. The van der Waals surface area contributed by atoms with Crippen molar-refractivity contribution < 1.29 is 9.21 Å². The molecule has 0 aliphatic rings. The molecule has 0 spiro atoms. The topological polar surface area (TPSA) is 73.0 Å². The highest BCUT2D eigenvalue weighted by Crippen LogP contribution is 2.24. The number of carbonyl (C=O) groups is 1. The van der Waals surface area contributed by atoms with Gasteiger partial charge in [0, 0.05) is 17.5 Å². The number of hydrogen-bond acceptors (Lipinski definition) is 4. The number of para-hydroxylation sites is 1. The van der Waals surface area contributed by atoms with E-state index in [4.69, 9.17) is 4.42 Å². The van der Waals surface area contributed by atoms with Crippen LogP contribution in [0.3, 0.4) is 0 Å². The zero-order valence-electron chi connectivity index (χ0n) is 13.6. The summed E-state index contributed by atoms with van der Waals surface area (Å²) in [5.74, 6) is 0.133. The molecule has 4 aromatic rings. The van der Waals surface area contributed by atoms with Crippen molar-refractivity contribution in [3.8, 4) is 5.69 Å². The summed E-state index contributed by atoms with van der Waals surface area (Å²) in [6.45, 7) is 2.30. The quantitative estimate of drug-likeness (QED) is 0.622. The molecule has 0 bridgehead atoms. The van der Waals surface area contributed by atoms with Crippen LogP contribution in [0.2, 0.25) is 0 Å². The van der Waals surface area contributed by atoms with Gasteiger partial charge in [-0.2, -0.15) is 5.10 Å². The molecular formula is C19H16N4O2. The van der Waals surface area contributed by atoms with Gasteiger partial charge in [-0.1, -0.05) is 30.3 Å². The number of furan rings is 1. The maximum absolute atomic E-state index is 12.5. The number of hydrogen-bond donors (Lipinski definition) is 1. The summed E-state index contributed by atoms with van der Waals surface area (Å²) >= 11 is 0. The fourth-order valence-corrected chi connectivity index (χ4v) is 2.80. The van der Waals surface area contributed by atoms with E-state index < -0.39 is 0 Å². The van der Waals surface area contributed by atoms with E-state index in [1.54, 1.807) is 11.0 Å². The average Bonchev–Trinajstić information content (AvgIpc) is 3.29. The zero-order valence-corrected chi connectivity index (χ0v) is 13.6. The summed E-state index contributed by atoms with van der Waals surface area (Å²) in [5.41, 5.74) is 3.43. The van der Waals surface area contributed by atoms with Crippen molar-refractivity contribution in [1.82, 2.24) is 20.1 Å². The number of aromatic nitrogens is 3. The van der Waals surface area contributed by atoms with Crippen LogP contribution in [0.1, 0.15) is 21.7 Å². The molecule has 2 aromatic carbocycles. The molecule has 0 aliphatic carbocycles. The SMILES string of the molecule is Cc1c(C(=O)NCc2cccc(-n3cncn3)c2)oc2ccccc12. The van der Waals surface area contributed by atoms with Gasteiger partial charge in [-0.25, -0.2) is 9.67 Å². The van der Waals surface area contributed by atoms with Gasteiger partial charge in [-0.15, -0.1) is 0 Å². The standard InChI is InChI=1S/C19H16N4O2/c1-13-16-7-2-3-8-17(16)25-18(13)19(24)21-10-14-5-4-6-15(9-14)23-12-20-11-22-23/h2-9,11-12H,10H2,1H3,(H,21,24). The highest BCUT2D eigenvalue weighted by molar-refractivity contribution is 5.98. The minimum absolute atomic E-state index is 0.222. The second-order valence-electron chi connectivity index (χ2n) is 5.74. The third-order valence-electron chi connectivity index (χ3n) is 4.10. The molecule has 1 N–H and O–H groups in total. The second kappa shape index (κ2) is 6.24. The Hall–Kier alpha value is -3.41. The van der Waals surface area contributed by atoms with Gasteiger partial charge in [-0.05, 0) is 30.7 Å². The lowest BCUT2D eigenvalue weighted by Gasteiger charge is -2.06. The first-order chi connectivity index (χ1) is 12.2. The molecule has 2 aromatic heterocycles. The maximum Gasteiger partial charge on any atom is 0.287 e. The van der Waals surface area contributed by atoms with Crippen LogP contribution in [0.15, 0.2) is 65.6 Å². The monoisotopic (exact) mass is 332 g/mol. The average molecular weight is 332 g/mol. The molecule has 1 amide bonds. The van der Waals surface area contributed by atoms with Gasteiger partial charge in [0.25, 0.3) is 5.91 Å². The highest BCUT2D eigenvalue weighted by atomic mass is 16.3. The lowest BCUT2D eigenvalue weighted by molar-refractivity contribution is 0.0924. The van der Waals surface area contributed by atoms with Crippen molar-refractivity contribution in [3.63, 3.8) is 0 Å². The Morgan fingerprint density at radius 3 is 2.88 bits per heavy atom. The number of amides is 1. The molecule has 6 heteroatoms. The predicted molar refractivity (Wildman–Crippen MR) is 93.5 cm³/mol. The minimum atomic E-state index is -0.222. The van der Waals surface area contributed by atoms with Gasteiger partial charge in [0.1, 0.15) is 18.2 Å². The van der Waals surface area contributed by atoms with E-state index in [2.05, 4.69) is 15.4 Å². The molecule has 124 valence electrons. The molecule has 0 aliphatic heterocycles. The first-order valence-electron chi connectivity index (χ1n) is 7.92. The number of rotatable bonds is 4. The third kappa shape index (κ3) is 2.89. The van der Waals surface area contributed by atoms with Crippen molar-refractivity contribution in [2.45, 2.75) is 13.5 Å². The maximum atomic E-state index is 12.5. The number of nitrogens with zero attached hydrogens (tertiary/aromatic N) is 3. The fourth-order valence-electron chi connectivity index (χ4n) is 2.80. The van der Waals surface area contributed by atoms with E-state index in [1.165, 1.54) is 6.33 Å². The van der Waals surface area contributed by atoms with Crippen LogP contribution in [0.5, 0.6) is 0 Å². The van der Waals surface area contributed by atoms with Crippen molar-refractivity contribution in [1.29, 1.82) is 0 Å². The Morgan fingerprint density at radius 1 is 1.20 bits per heavy atom. The second-order valence-corrected chi connectivity index (χ2v) is 5.74. The van der Waals surface area contributed by atoms with Gasteiger partial charge in [0.15, 0.2) is 5.76 Å². The van der Waals surface area contributed by atoms with Gasteiger partial charge in [0.05, 0.1) is 5.69 Å². The lowest BCUT2D eigenvalue weighted by atomic mass is 10.1. The van der Waals surface area contributed by atoms with E-state index in [9.17, 15) is 4.79 Å². The summed E-state index contributed by atoms with van der Waals surface area (Å²) in [6.07, 6.45) is 3.12. The molecule has 25 heavy (non-hydrogen) atoms. The molecule has 6 nitrogen and oxygen atoms in total. The Labute approximate surface area is 144 Å². The first kappa shape index (κ1) is 15.1. The Kier molecular flexibility index (Phi) is 3.78. The zero-order chi connectivity index (χ0) is 17.2. The van der Waals surface area contributed by atoms with Gasteiger partial charge in [0.2, 0.25) is 0 Å². The Bertz CT molecular complexity index is 1030. The van der Waals surface area contributed by atoms with Crippen molar-refractivity contribution in [2.24, 2.45) is 0 Å². The van der Waals surface area contributed by atoms with Gasteiger partial charge >= 0.3 is 0 Å². The van der Waals surface area contributed by atoms with Gasteiger partial charge in [-0.3, -0.25) is 4.79 Å². The number of aryl methyl sites for hydroxylation is 1. The number of nitrogens with one attached hydrogen (secondary N) is 1. The van der Waals surface area contributed by atoms with E-state index in [0.29, 0.717) is 12.3 Å². The summed E-state index contributed by atoms with van der Waals surface area (Å²) in [4.78, 5) is 16.4. The van der Waals surface area contributed by atoms with Crippen LogP contribution in [0.4, 0.5) is 0 Å². The minimum Gasteiger partial charge on any atom is -0.451 e. The van der Waals surface area contributed by atoms with Crippen LogP contribution in [0.25, 0.3) is 16.7 Å². The largest absolute Gasteiger partial charge is 0.451 e. The summed E-state index contributed by atoms with van der Waals surface area (Å²) in [5, 5.41) is 7.98. The smallest absolute Gasteiger partial charge is 0.287 e. The molecule has 0 saturated carbocycles. The van der Waals surface area contributed by atoms with E-state index in [-0.39, 0.29) is 5.91 Å². The summed E-state index contributed by atoms with van der Waals surface area (Å²) in [7, 11) is 0. The van der Waals surface area contributed by atoms with Gasteiger partial charge < -0.3 is 9.73 Å².